The Balaban J connectivity index is 1.90. The summed E-state index contributed by atoms with van der Waals surface area (Å²) >= 11 is 6.05. The largest absolute Gasteiger partial charge is 0.383 e. The van der Waals surface area contributed by atoms with E-state index < -0.39 is 0 Å². The molecule has 186 valence electrons. The van der Waals surface area contributed by atoms with Crippen LogP contribution in [0.1, 0.15) is 31.4 Å². The van der Waals surface area contributed by atoms with Gasteiger partial charge in [-0.1, -0.05) is 43.6 Å². The van der Waals surface area contributed by atoms with E-state index in [2.05, 4.69) is 18.3 Å². The van der Waals surface area contributed by atoms with E-state index >= 15 is 0 Å². The minimum Gasteiger partial charge on any atom is -0.383 e. The number of carbonyl (C=O) groups excluding carboxylic acids is 2. The van der Waals surface area contributed by atoms with E-state index in [1.807, 2.05) is 55.8 Å². The number of aryl methyl sites for hydroxylation is 2. The lowest BCUT2D eigenvalue weighted by Crippen LogP contribution is -2.40. The van der Waals surface area contributed by atoms with Crippen LogP contribution in [0.5, 0.6) is 0 Å². The van der Waals surface area contributed by atoms with Crippen molar-refractivity contribution in [3.63, 3.8) is 0 Å². The molecule has 2 amide bonds. The predicted octanol–water partition coefficient (Wildman–Crippen LogP) is 5.27. The zero-order chi connectivity index (χ0) is 25.5. The zero-order valence-electron chi connectivity index (χ0n) is 21.0. The van der Waals surface area contributed by atoms with Crippen LogP contribution in [0.2, 0.25) is 5.02 Å². The standard InChI is InChI=1S/C27H33ClN4O3/c1-18(2)14-26(34)31(12-13-35-5)17-25(33)30-27-29-24(21-7-9-22(28)10-8-21)16-32(27)23-11-6-19(3)20(4)15-23/h6-11,15-16,18H,12-14,17H2,1-5H3,(H,29,30,33). The summed E-state index contributed by atoms with van der Waals surface area (Å²) in [5, 5.41) is 3.55. The smallest absolute Gasteiger partial charge is 0.246 e. The van der Waals surface area contributed by atoms with Gasteiger partial charge in [0.2, 0.25) is 17.8 Å². The van der Waals surface area contributed by atoms with Crippen LogP contribution < -0.4 is 5.32 Å². The van der Waals surface area contributed by atoms with E-state index in [4.69, 9.17) is 21.3 Å². The van der Waals surface area contributed by atoms with Crippen molar-refractivity contribution in [3.8, 4) is 16.9 Å². The maximum atomic E-state index is 13.1. The molecule has 3 rings (SSSR count). The van der Waals surface area contributed by atoms with Crippen LogP contribution in [0.25, 0.3) is 16.9 Å². The lowest BCUT2D eigenvalue weighted by molar-refractivity contribution is -0.136. The van der Waals surface area contributed by atoms with Crippen molar-refractivity contribution in [2.75, 3.05) is 32.1 Å². The molecule has 0 aliphatic carbocycles. The summed E-state index contributed by atoms with van der Waals surface area (Å²) in [6.07, 6.45) is 2.25. The number of nitrogens with one attached hydrogen (secondary N) is 1. The second-order valence-electron chi connectivity index (χ2n) is 9.05. The van der Waals surface area contributed by atoms with Gasteiger partial charge in [-0.3, -0.25) is 19.5 Å². The molecule has 0 saturated heterocycles. The molecule has 0 spiro atoms. The minimum atomic E-state index is -0.323. The Morgan fingerprint density at radius 1 is 1.11 bits per heavy atom. The van der Waals surface area contributed by atoms with Crippen LogP contribution in [-0.4, -0.2) is 53.1 Å². The number of anilines is 1. The van der Waals surface area contributed by atoms with E-state index in [0.717, 1.165) is 16.8 Å². The average molecular weight is 497 g/mol. The highest BCUT2D eigenvalue weighted by atomic mass is 35.5. The number of carbonyl (C=O) groups is 2. The number of halogens is 1. The fourth-order valence-electron chi connectivity index (χ4n) is 3.61. The number of benzene rings is 2. The number of aromatic nitrogens is 2. The second-order valence-corrected chi connectivity index (χ2v) is 9.49. The molecule has 0 atom stereocenters. The normalized spacial score (nSPS) is 11.1. The maximum absolute atomic E-state index is 13.1. The summed E-state index contributed by atoms with van der Waals surface area (Å²) in [6.45, 7) is 8.67. The van der Waals surface area contributed by atoms with Gasteiger partial charge in [-0.05, 0) is 55.2 Å². The van der Waals surface area contributed by atoms with Gasteiger partial charge in [0.1, 0.15) is 6.54 Å². The highest BCUT2D eigenvalue weighted by molar-refractivity contribution is 6.30. The Morgan fingerprint density at radius 3 is 2.46 bits per heavy atom. The maximum Gasteiger partial charge on any atom is 0.246 e. The fraction of sp³-hybridized carbons (Fsp3) is 0.370. The molecule has 35 heavy (non-hydrogen) atoms. The van der Waals surface area contributed by atoms with Crippen molar-refractivity contribution in [3.05, 3.63) is 64.8 Å². The van der Waals surface area contributed by atoms with Crippen molar-refractivity contribution in [1.29, 1.82) is 0 Å². The van der Waals surface area contributed by atoms with Gasteiger partial charge in [0.05, 0.1) is 12.3 Å². The average Bonchev–Trinajstić information content (AvgIpc) is 3.21. The van der Waals surface area contributed by atoms with Crippen LogP contribution in [0.4, 0.5) is 5.95 Å². The van der Waals surface area contributed by atoms with Crippen LogP contribution in [-0.2, 0) is 14.3 Å². The molecule has 1 heterocycles. The number of imidazole rings is 1. The number of amides is 2. The van der Waals surface area contributed by atoms with Gasteiger partial charge < -0.3 is 9.64 Å². The molecule has 1 N–H and O–H groups in total. The summed E-state index contributed by atoms with van der Waals surface area (Å²) in [4.78, 5) is 32.0. The fourth-order valence-corrected chi connectivity index (χ4v) is 3.74. The minimum absolute atomic E-state index is 0.0773. The molecule has 0 bridgehead atoms. The Morgan fingerprint density at radius 2 is 1.83 bits per heavy atom. The first-order valence-electron chi connectivity index (χ1n) is 11.7. The summed E-state index contributed by atoms with van der Waals surface area (Å²) < 4.78 is 6.99. The Hall–Kier alpha value is -3.16. The summed E-state index contributed by atoms with van der Waals surface area (Å²) in [7, 11) is 1.57. The van der Waals surface area contributed by atoms with E-state index in [-0.39, 0.29) is 24.3 Å². The number of nitrogens with zero attached hydrogens (tertiary/aromatic N) is 3. The molecular formula is C27H33ClN4O3. The molecule has 0 aliphatic rings. The molecule has 0 unspecified atom stereocenters. The van der Waals surface area contributed by atoms with Crippen LogP contribution in [0, 0.1) is 19.8 Å². The lowest BCUT2D eigenvalue weighted by Gasteiger charge is -2.22. The molecule has 8 heteroatoms. The first-order chi connectivity index (χ1) is 16.7. The van der Waals surface area contributed by atoms with Crippen LogP contribution in [0.15, 0.2) is 48.7 Å². The van der Waals surface area contributed by atoms with Gasteiger partial charge in [0, 0.05) is 42.5 Å². The molecule has 7 nitrogen and oxygen atoms in total. The molecular weight excluding hydrogens is 464 g/mol. The molecule has 0 aliphatic heterocycles. The Bertz CT molecular complexity index is 1170. The summed E-state index contributed by atoms with van der Waals surface area (Å²) in [6, 6.07) is 13.5. The van der Waals surface area contributed by atoms with Crippen LogP contribution in [0.3, 0.4) is 0 Å². The highest BCUT2D eigenvalue weighted by Gasteiger charge is 2.20. The molecule has 0 saturated carbocycles. The molecule has 1 aromatic heterocycles. The Labute approximate surface area is 212 Å². The highest BCUT2D eigenvalue weighted by Crippen LogP contribution is 2.26. The van der Waals surface area contributed by atoms with Gasteiger partial charge in [-0.2, -0.15) is 0 Å². The van der Waals surface area contributed by atoms with Crippen molar-refractivity contribution >= 4 is 29.4 Å². The van der Waals surface area contributed by atoms with E-state index in [0.29, 0.717) is 36.2 Å². The van der Waals surface area contributed by atoms with Gasteiger partial charge in [0.25, 0.3) is 0 Å². The molecule has 0 radical (unpaired) electrons. The van der Waals surface area contributed by atoms with Crippen LogP contribution >= 0.6 is 11.6 Å². The molecule has 0 fully saturated rings. The third kappa shape index (κ3) is 7.16. The van der Waals surface area contributed by atoms with Crippen molar-refractivity contribution in [2.45, 2.75) is 34.1 Å². The Kier molecular flexibility index (Phi) is 9.07. The topological polar surface area (TPSA) is 76.5 Å². The SMILES string of the molecule is COCCN(CC(=O)Nc1nc(-c2ccc(Cl)cc2)cn1-c1ccc(C)c(C)c1)C(=O)CC(C)C. The summed E-state index contributed by atoms with van der Waals surface area (Å²) in [5.74, 6) is 0.176. The zero-order valence-corrected chi connectivity index (χ0v) is 21.7. The van der Waals surface area contributed by atoms with Gasteiger partial charge in [-0.25, -0.2) is 4.98 Å². The third-order valence-corrected chi connectivity index (χ3v) is 5.95. The lowest BCUT2D eigenvalue weighted by atomic mass is 10.1. The molecule has 3 aromatic rings. The number of rotatable bonds is 10. The summed E-state index contributed by atoms with van der Waals surface area (Å²) in [5.41, 5.74) is 4.76. The number of hydrogen-bond acceptors (Lipinski definition) is 4. The van der Waals surface area contributed by atoms with E-state index in [9.17, 15) is 9.59 Å². The molecule has 2 aromatic carbocycles. The van der Waals surface area contributed by atoms with Gasteiger partial charge in [0.15, 0.2) is 0 Å². The number of hydrogen-bond donors (Lipinski definition) is 1. The first-order valence-corrected chi connectivity index (χ1v) is 12.0. The number of ether oxygens (including phenoxy) is 1. The van der Waals surface area contributed by atoms with Crippen molar-refractivity contribution < 1.29 is 14.3 Å². The van der Waals surface area contributed by atoms with Gasteiger partial charge >= 0.3 is 0 Å². The van der Waals surface area contributed by atoms with Crippen molar-refractivity contribution in [2.24, 2.45) is 5.92 Å². The number of methoxy groups -OCH3 is 1. The monoisotopic (exact) mass is 496 g/mol. The van der Waals surface area contributed by atoms with Crippen molar-refractivity contribution in [1.82, 2.24) is 14.5 Å². The third-order valence-electron chi connectivity index (χ3n) is 5.70. The van der Waals surface area contributed by atoms with E-state index in [1.54, 1.807) is 19.2 Å². The van der Waals surface area contributed by atoms with Gasteiger partial charge in [-0.15, -0.1) is 0 Å². The second kappa shape index (κ2) is 12.0. The quantitative estimate of drug-likeness (QED) is 0.415. The van der Waals surface area contributed by atoms with E-state index in [1.165, 1.54) is 10.5 Å². The predicted molar refractivity (Wildman–Crippen MR) is 140 cm³/mol. The first kappa shape index (κ1) is 26.4.